The van der Waals surface area contributed by atoms with Crippen molar-refractivity contribution in [2.45, 2.75) is 6.54 Å². The van der Waals surface area contributed by atoms with E-state index in [1.54, 1.807) is 0 Å². The lowest BCUT2D eigenvalue weighted by molar-refractivity contribution is 0.569. The van der Waals surface area contributed by atoms with Crippen LogP contribution in [0.3, 0.4) is 0 Å². The molecule has 78 valence electrons. The van der Waals surface area contributed by atoms with Crippen molar-refractivity contribution in [1.82, 2.24) is 9.55 Å². The van der Waals surface area contributed by atoms with Crippen LogP contribution in [0.1, 0.15) is 5.69 Å². The van der Waals surface area contributed by atoms with Gasteiger partial charge in [-0.2, -0.15) is 0 Å². The van der Waals surface area contributed by atoms with Gasteiger partial charge in [-0.15, -0.1) is 0 Å². The van der Waals surface area contributed by atoms with Gasteiger partial charge in [0.1, 0.15) is 17.3 Å². The average molecular weight is 209 g/mol. The number of hydrogen-bond donors (Lipinski definition) is 1. The third-order valence-electron chi connectivity index (χ3n) is 2.04. The number of nitrogens with zero attached hydrogens (tertiary/aromatic N) is 2. The van der Waals surface area contributed by atoms with Gasteiger partial charge >= 0.3 is 0 Å². The summed E-state index contributed by atoms with van der Waals surface area (Å²) < 4.78 is 27.9. The van der Waals surface area contributed by atoms with E-state index in [1.165, 1.54) is 35.3 Å². The summed E-state index contributed by atoms with van der Waals surface area (Å²) in [4.78, 5) is 3.90. The van der Waals surface area contributed by atoms with E-state index in [9.17, 15) is 8.78 Å². The summed E-state index contributed by atoms with van der Waals surface area (Å²) >= 11 is 0. The fourth-order valence-electron chi connectivity index (χ4n) is 1.33. The fraction of sp³-hybridized carbons (Fsp3) is 0.100. The molecule has 2 rings (SSSR count). The minimum Gasteiger partial charge on any atom is -0.325 e. The Balaban J connectivity index is 2.53. The molecule has 0 saturated carbocycles. The van der Waals surface area contributed by atoms with Gasteiger partial charge in [-0.3, -0.25) is 0 Å². The monoisotopic (exact) mass is 209 g/mol. The predicted molar refractivity (Wildman–Crippen MR) is 51.4 cm³/mol. The molecule has 0 aliphatic heterocycles. The van der Waals surface area contributed by atoms with Crippen LogP contribution < -0.4 is 5.73 Å². The Labute approximate surface area is 85.2 Å². The van der Waals surface area contributed by atoms with Crippen LogP contribution in [0.15, 0.2) is 30.7 Å². The van der Waals surface area contributed by atoms with Crippen LogP contribution in [0.25, 0.3) is 5.69 Å². The molecule has 2 N–H and O–H groups in total. The Morgan fingerprint density at radius 2 is 1.93 bits per heavy atom. The molecule has 0 bridgehead atoms. The molecule has 0 spiro atoms. The molecule has 0 aliphatic carbocycles. The van der Waals surface area contributed by atoms with E-state index in [4.69, 9.17) is 5.73 Å². The second-order valence-corrected chi connectivity index (χ2v) is 3.05. The Morgan fingerprint density at radius 3 is 2.47 bits per heavy atom. The summed E-state index contributed by atoms with van der Waals surface area (Å²) in [5.74, 6) is -1.26. The molecule has 1 aromatic heterocycles. The first kappa shape index (κ1) is 9.79. The van der Waals surface area contributed by atoms with Gasteiger partial charge in [-0.1, -0.05) is 6.07 Å². The third kappa shape index (κ3) is 1.73. The van der Waals surface area contributed by atoms with Gasteiger partial charge in [0.05, 0.1) is 12.0 Å². The standard InChI is InChI=1S/C10H9F2N3/c11-8-2-1-3-9(12)10(8)15-5-7(4-13)14-6-15/h1-3,5-6H,4,13H2. The molecule has 1 heterocycles. The molecule has 0 atom stereocenters. The summed E-state index contributed by atoms with van der Waals surface area (Å²) in [6.07, 6.45) is 2.84. The van der Waals surface area contributed by atoms with Gasteiger partial charge in [0.2, 0.25) is 0 Å². The van der Waals surface area contributed by atoms with Crippen LogP contribution in [0, 0.1) is 11.6 Å². The SMILES string of the molecule is NCc1cn(-c2c(F)cccc2F)cn1. The summed E-state index contributed by atoms with van der Waals surface area (Å²) in [6.45, 7) is 0.239. The summed E-state index contributed by atoms with van der Waals surface area (Å²) in [5.41, 5.74) is 5.80. The smallest absolute Gasteiger partial charge is 0.150 e. The second-order valence-electron chi connectivity index (χ2n) is 3.05. The number of imidazole rings is 1. The summed E-state index contributed by atoms with van der Waals surface area (Å²) in [5, 5.41) is 0. The van der Waals surface area contributed by atoms with Crippen molar-refractivity contribution in [2.24, 2.45) is 5.73 Å². The van der Waals surface area contributed by atoms with Crippen molar-refractivity contribution in [3.8, 4) is 5.69 Å². The number of para-hydroxylation sites is 1. The first-order chi connectivity index (χ1) is 7.22. The third-order valence-corrected chi connectivity index (χ3v) is 2.04. The van der Waals surface area contributed by atoms with Gasteiger partial charge in [0.15, 0.2) is 0 Å². The van der Waals surface area contributed by atoms with Crippen molar-refractivity contribution >= 4 is 0 Å². The van der Waals surface area contributed by atoms with Crippen LogP contribution in [-0.4, -0.2) is 9.55 Å². The Morgan fingerprint density at radius 1 is 1.27 bits per heavy atom. The maximum absolute atomic E-state index is 13.3. The molecule has 15 heavy (non-hydrogen) atoms. The quantitative estimate of drug-likeness (QED) is 0.816. The minimum atomic E-state index is -0.629. The van der Waals surface area contributed by atoms with E-state index >= 15 is 0 Å². The first-order valence-corrected chi connectivity index (χ1v) is 4.39. The van der Waals surface area contributed by atoms with Crippen molar-refractivity contribution in [1.29, 1.82) is 0 Å². The molecular formula is C10H9F2N3. The highest BCUT2D eigenvalue weighted by molar-refractivity contribution is 5.35. The van der Waals surface area contributed by atoms with Gasteiger partial charge in [-0.25, -0.2) is 13.8 Å². The Hall–Kier alpha value is -1.75. The molecule has 2 aromatic rings. The molecule has 0 radical (unpaired) electrons. The number of halogens is 2. The normalized spacial score (nSPS) is 10.6. The largest absolute Gasteiger partial charge is 0.325 e. The van der Waals surface area contributed by atoms with Crippen LogP contribution in [0.2, 0.25) is 0 Å². The molecule has 0 amide bonds. The highest BCUT2D eigenvalue weighted by atomic mass is 19.1. The molecule has 5 heteroatoms. The minimum absolute atomic E-state index is 0.135. The molecule has 1 aromatic carbocycles. The lowest BCUT2D eigenvalue weighted by Gasteiger charge is -2.04. The lowest BCUT2D eigenvalue weighted by Crippen LogP contribution is -1.99. The molecule has 0 aliphatic rings. The van der Waals surface area contributed by atoms with E-state index in [1.807, 2.05) is 0 Å². The highest BCUT2D eigenvalue weighted by Crippen LogP contribution is 2.17. The van der Waals surface area contributed by atoms with Crippen molar-refractivity contribution in [3.05, 3.63) is 48.1 Å². The lowest BCUT2D eigenvalue weighted by atomic mass is 10.3. The number of nitrogens with two attached hydrogens (primary N) is 1. The Kier molecular flexibility index (Phi) is 2.47. The second kappa shape index (κ2) is 3.78. The van der Waals surface area contributed by atoms with Gasteiger partial charge in [0, 0.05) is 12.7 Å². The Bertz CT molecular complexity index is 459. The van der Waals surface area contributed by atoms with E-state index in [0.717, 1.165) is 0 Å². The molecular weight excluding hydrogens is 200 g/mol. The predicted octanol–water partition coefficient (Wildman–Crippen LogP) is 1.61. The molecule has 0 fully saturated rings. The zero-order valence-corrected chi connectivity index (χ0v) is 7.82. The van der Waals surface area contributed by atoms with E-state index in [-0.39, 0.29) is 12.2 Å². The van der Waals surface area contributed by atoms with Crippen LogP contribution >= 0.6 is 0 Å². The number of aromatic nitrogens is 2. The highest BCUT2D eigenvalue weighted by Gasteiger charge is 2.10. The van der Waals surface area contributed by atoms with Crippen LogP contribution in [-0.2, 0) is 6.54 Å². The maximum atomic E-state index is 13.3. The summed E-state index contributed by atoms with van der Waals surface area (Å²) in [6, 6.07) is 3.70. The van der Waals surface area contributed by atoms with Crippen molar-refractivity contribution < 1.29 is 8.78 Å². The zero-order chi connectivity index (χ0) is 10.8. The van der Waals surface area contributed by atoms with Crippen LogP contribution in [0.4, 0.5) is 8.78 Å². The van der Waals surface area contributed by atoms with Gasteiger partial charge in [0.25, 0.3) is 0 Å². The van der Waals surface area contributed by atoms with Crippen molar-refractivity contribution in [2.75, 3.05) is 0 Å². The van der Waals surface area contributed by atoms with Gasteiger partial charge < -0.3 is 10.3 Å². The number of hydrogen-bond acceptors (Lipinski definition) is 2. The van der Waals surface area contributed by atoms with E-state index in [0.29, 0.717) is 5.69 Å². The van der Waals surface area contributed by atoms with E-state index in [2.05, 4.69) is 4.98 Å². The molecule has 3 nitrogen and oxygen atoms in total. The van der Waals surface area contributed by atoms with Crippen LogP contribution in [0.5, 0.6) is 0 Å². The van der Waals surface area contributed by atoms with Crippen molar-refractivity contribution in [3.63, 3.8) is 0 Å². The maximum Gasteiger partial charge on any atom is 0.150 e. The topological polar surface area (TPSA) is 43.8 Å². The summed E-state index contributed by atoms with van der Waals surface area (Å²) in [7, 11) is 0. The number of benzene rings is 1. The van der Waals surface area contributed by atoms with E-state index < -0.39 is 11.6 Å². The number of rotatable bonds is 2. The average Bonchev–Trinajstić information content (AvgIpc) is 2.66. The fourth-order valence-corrected chi connectivity index (χ4v) is 1.33. The molecule has 0 unspecified atom stereocenters. The molecule has 0 saturated heterocycles. The first-order valence-electron chi connectivity index (χ1n) is 4.39. The zero-order valence-electron chi connectivity index (χ0n) is 7.82. The van der Waals surface area contributed by atoms with Gasteiger partial charge in [-0.05, 0) is 12.1 Å².